The second kappa shape index (κ2) is 2.67. The highest BCUT2D eigenvalue weighted by molar-refractivity contribution is 4.76. The van der Waals surface area contributed by atoms with Gasteiger partial charge in [0.05, 0.1) is 6.54 Å². The van der Waals surface area contributed by atoms with Crippen LogP contribution in [-0.4, -0.2) is 23.9 Å². The Balaban J connectivity index is 4.10. The summed E-state index contributed by atoms with van der Waals surface area (Å²) >= 11 is 0. The molecule has 0 rings (SSSR count). The van der Waals surface area contributed by atoms with Gasteiger partial charge in [-0.3, -0.25) is 0 Å². The van der Waals surface area contributed by atoms with E-state index >= 15 is 0 Å². The van der Waals surface area contributed by atoms with Crippen LogP contribution in [0.15, 0.2) is 0 Å². The number of nitrogens with one attached hydrogen (secondary N) is 1. The van der Waals surface area contributed by atoms with Gasteiger partial charge in [-0.2, -0.15) is 27.4 Å². The lowest BCUT2D eigenvalue weighted by Gasteiger charge is -2.17. The fourth-order valence-corrected chi connectivity index (χ4v) is 0.200. The van der Waals surface area contributed by atoms with E-state index in [1.54, 1.807) is 0 Å². The quantitative estimate of drug-likeness (QED) is 0.475. The SMILES string of the molecule is ONCC(F)(F)C(F)(F)F. The molecule has 10 heavy (non-hydrogen) atoms. The second-order valence-corrected chi connectivity index (χ2v) is 1.54. The number of hydrogen-bond donors (Lipinski definition) is 2. The van der Waals surface area contributed by atoms with Crippen molar-refractivity contribution in [3.63, 3.8) is 0 Å². The highest BCUT2D eigenvalue weighted by Gasteiger charge is 2.57. The van der Waals surface area contributed by atoms with E-state index in [4.69, 9.17) is 5.21 Å². The van der Waals surface area contributed by atoms with Gasteiger partial charge in [0, 0.05) is 0 Å². The van der Waals surface area contributed by atoms with Gasteiger partial charge in [0.15, 0.2) is 0 Å². The predicted octanol–water partition coefficient (Wildman–Crippen LogP) is 1.16. The van der Waals surface area contributed by atoms with Crippen LogP contribution in [0.1, 0.15) is 0 Å². The number of alkyl halides is 5. The third-order valence-electron chi connectivity index (χ3n) is 0.716. The molecule has 0 fully saturated rings. The molecule has 0 aromatic heterocycles. The maximum atomic E-state index is 11.6. The van der Waals surface area contributed by atoms with Crippen molar-refractivity contribution in [1.82, 2.24) is 5.48 Å². The molecular formula is C3H4F5NO. The summed E-state index contributed by atoms with van der Waals surface area (Å²) in [5.74, 6) is -4.87. The van der Waals surface area contributed by atoms with Crippen LogP contribution in [0.5, 0.6) is 0 Å². The maximum Gasteiger partial charge on any atom is 0.454 e. The molecule has 2 N–H and O–H groups in total. The molecule has 0 bridgehead atoms. The third-order valence-corrected chi connectivity index (χ3v) is 0.716. The van der Waals surface area contributed by atoms with Crippen LogP contribution in [0.2, 0.25) is 0 Å². The standard InChI is InChI=1S/C3H4F5NO/c4-2(5,1-9-10)3(6,7)8/h9-10H,1H2. The summed E-state index contributed by atoms with van der Waals surface area (Å²) in [6, 6.07) is 0. The van der Waals surface area contributed by atoms with Gasteiger partial charge in [0.1, 0.15) is 0 Å². The largest absolute Gasteiger partial charge is 0.454 e. The molecule has 0 atom stereocenters. The molecule has 7 heteroatoms. The topological polar surface area (TPSA) is 32.3 Å². The molecule has 0 amide bonds. The highest BCUT2D eigenvalue weighted by Crippen LogP contribution is 2.34. The van der Waals surface area contributed by atoms with Gasteiger partial charge in [-0.05, 0) is 0 Å². The fraction of sp³-hybridized carbons (Fsp3) is 1.00. The lowest BCUT2D eigenvalue weighted by atomic mass is 10.3. The monoisotopic (exact) mass is 165 g/mol. The Morgan fingerprint density at radius 3 is 1.60 bits per heavy atom. The van der Waals surface area contributed by atoms with Gasteiger partial charge in [-0.1, -0.05) is 0 Å². The van der Waals surface area contributed by atoms with Gasteiger partial charge in [0.2, 0.25) is 0 Å². The Morgan fingerprint density at radius 2 is 1.50 bits per heavy atom. The summed E-state index contributed by atoms with van der Waals surface area (Å²) in [4.78, 5) is 0. The lowest BCUT2D eigenvalue weighted by Crippen LogP contribution is -2.44. The van der Waals surface area contributed by atoms with Crippen molar-refractivity contribution in [1.29, 1.82) is 0 Å². The Labute approximate surface area is 52.6 Å². The molecule has 0 radical (unpaired) electrons. The fourth-order valence-electron chi connectivity index (χ4n) is 0.200. The Kier molecular flexibility index (Phi) is 2.55. The molecule has 2 nitrogen and oxygen atoms in total. The number of hydrogen-bond acceptors (Lipinski definition) is 2. The Hall–Kier alpha value is -0.430. The summed E-state index contributed by atoms with van der Waals surface area (Å²) in [5.41, 5.74) is 0.745. The third kappa shape index (κ3) is 2.07. The molecule has 0 spiro atoms. The van der Waals surface area contributed by atoms with E-state index in [0.29, 0.717) is 0 Å². The van der Waals surface area contributed by atoms with Crippen LogP contribution < -0.4 is 5.48 Å². The summed E-state index contributed by atoms with van der Waals surface area (Å²) < 4.78 is 56.5. The van der Waals surface area contributed by atoms with Gasteiger partial charge in [-0.15, -0.1) is 0 Å². The Morgan fingerprint density at radius 1 is 1.10 bits per heavy atom. The zero-order chi connectivity index (χ0) is 8.41. The summed E-state index contributed by atoms with van der Waals surface area (Å²) in [6.07, 6.45) is -5.61. The highest BCUT2D eigenvalue weighted by atomic mass is 19.4. The maximum absolute atomic E-state index is 11.6. The molecular weight excluding hydrogens is 161 g/mol. The van der Waals surface area contributed by atoms with E-state index < -0.39 is 18.6 Å². The minimum atomic E-state index is -5.61. The van der Waals surface area contributed by atoms with Crippen molar-refractivity contribution >= 4 is 0 Å². The van der Waals surface area contributed by atoms with Crippen LogP contribution in [-0.2, 0) is 0 Å². The van der Waals surface area contributed by atoms with Crippen LogP contribution in [0.4, 0.5) is 22.0 Å². The molecule has 0 unspecified atom stereocenters. The van der Waals surface area contributed by atoms with Crippen molar-refractivity contribution in [2.24, 2.45) is 0 Å². The van der Waals surface area contributed by atoms with Crippen LogP contribution in [0.25, 0.3) is 0 Å². The smallest absolute Gasteiger partial charge is 0.317 e. The first-order chi connectivity index (χ1) is 4.31. The van der Waals surface area contributed by atoms with Crippen LogP contribution in [0, 0.1) is 0 Å². The molecule has 0 aromatic carbocycles. The predicted molar refractivity (Wildman–Crippen MR) is 20.8 cm³/mol. The van der Waals surface area contributed by atoms with Gasteiger partial charge >= 0.3 is 12.1 Å². The molecule has 0 aromatic rings. The average molecular weight is 165 g/mol. The molecule has 0 aliphatic heterocycles. The molecule has 0 saturated carbocycles. The molecule has 0 saturated heterocycles. The van der Waals surface area contributed by atoms with E-state index in [0.717, 1.165) is 5.48 Å². The van der Waals surface area contributed by atoms with Crippen LogP contribution >= 0.6 is 0 Å². The second-order valence-electron chi connectivity index (χ2n) is 1.54. The summed E-state index contributed by atoms with van der Waals surface area (Å²) in [5, 5.41) is 7.54. The molecule has 0 heterocycles. The number of rotatable bonds is 2. The van der Waals surface area contributed by atoms with Crippen molar-refractivity contribution in [2.45, 2.75) is 12.1 Å². The first-order valence-corrected chi connectivity index (χ1v) is 2.13. The van der Waals surface area contributed by atoms with Crippen molar-refractivity contribution in [2.75, 3.05) is 6.54 Å². The zero-order valence-electron chi connectivity index (χ0n) is 4.54. The zero-order valence-corrected chi connectivity index (χ0v) is 4.54. The van der Waals surface area contributed by atoms with E-state index in [1.807, 2.05) is 0 Å². The van der Waals surface area contributed by atoms with Gasteiger partial charge in [-0.25, -0.2) is 0 Å². The Bertz CT molecular complexity index is 110. The van der Waals surface area contributed by atoms with Crippen molar-refractivity contribution < 1.29 is 27.2 Å². The normalized spacial score (nSPS) is 13.8. The van der Waals surface area contributed by atoms with E-state index in [-0.39, 0.29) is 0 Å². The molecule has 0 aliphatic carbocycles. The first kappa shape index (κ1) is 9.57. The van der Waals surface area contributed by atoms with Gasteiger partial charge in [0.25, 0.3) is 0 Å². The molecule has 62 valence electrons. The minimum absolute atomic E-state index is 0.745. The minimum Gasteiger partial charge on any atom is -0.317 e. The van der Waals surface area contributed by atoms with E-state index in [9.17, 15) is 22.0 Å². The summed E-state index contributed by atoms with van der Waals surface area (Å²) in [6.45, 7) is -1.82. The summed E-state index contributed by atoms with van der Waals surface area (Å²) in [7, 11) is 0. The van der Waals surface area contributed by atoms with E-state index in [2.05, 4.69) is 0 Å². The number of halogens is 5. The van der Waals surface area contributed by atoms with Gasteiger partial charge < -0.3 is 5.21 Å². The average Bonchev–Trinajstić information content (AvgIpc) is 1.61. The van der Waals surface area contributed by atoms with E-state index in [1.165, 1.54) is 0 Å². The first-order valence-electron chi connectivity index (χ1n) is 2.13. The van der Waals surface area contributed by atoms with Crippen molar-refractivity contribution in [3.05, 3.63) is 0 Å². The lowest BCUT2D eigenvalue weighted by molar-refractivity contribution is -0.283. The number of hydroxylamine groups is 1. The molecule has 0 aliphatic rings. The van der Waals surface area contributed by atoms with Crippen molar-refractivity contribution in [3.8, 4) is 0 Å². The van der Waals surface area contributed by atoms with Crippen LogP contribution in [0.3, 0.4) is 0 Å².